The number of halogens is 1. The molecule has 0 aliphatic rings. The van der Waals surface area contributed by atoms with E-state index < -0.39 is 0 Å². The lowest BCUT2D eigenvalue weighted by atomic mass is 10.1. The maximum atomic E-state index is 14.0. The molecule has 1 atom stereocenters. The number of aryl methyl sites for hydroxylation is 2. The van der Waals surface area contributed by atoms with E-state index in [0.717, 1.165) is 11.3 Å². The predicted octanol–water partition coefficient (Wildman–Crippen LogP) is 2.98. The lowest BCUT2D eigenvalue weighted by Gasteiger charge is -2.15. The van der Waals surface area contributed by atoms with Crippen LogP contribution in [0, 0.1) is 12.7 Å². The second-order valence-corrected chi connectivity index (χ2v) is 5.07. The van der Waals surface area contributed by atoms with E-state index >= 15 is 0 Å². The molecule has 2 heterocycles. The van der Waals surface area contributed by atoms with Gasteiger partial charge in [-0.3, -0.25) is 4.68 Å². The fourth-order valence-electron chi connectivity index (χ4n) is 2.50. The maximum absolute atomic E-state index is 14.0. The number of anilines is 1. The van der Waals surface area contributed by atoms with Gasteiger partial charge in [0, 0.05) is 18.8 Å². The summed E-state index contributed by atoms with van der Waals surface area (Å²) in [6, 6.07) is 4.79. The van der Waals surface area contributed by atoms with E-state index in [1.165, 1.54) is 12.4 Å². The van der Waals surface area contributed by atoms with E-state index in [1.54, 1.807) is 16.8 Å². The Morgan fingerprint density at radius 1 is 1.29 bits per heavy atom. The number of fused-ring (bicyclic) bond motifs is 1. The van der Waals surface area contributed by atoms with Gasteiger partial charge < -0.3 is 5.32 Å². The summed E-state index contributed by atoms with van der Waals surface area (Å²) in [5.41, 5.74) is 2.58. The van der Waals surface area contributed by atoms with E-state index in [4.69, 9.17) is 0 Å². The van der Waals surface area contributed by atoms with Crippen LogP contribution in [0.4, 0.5) is 10.2 Å². The minimum atomic E-state index is -0.328. The van der Waals surface area contributed by atoms with Gasteiger partial charge in [-0.15, -0.1) is 0 Å². The summed E-state index contributed by atoms with van der Waals surface area (Å²) in [7, 11) is 1.88. The zero-order chi connectivity index (χ0) is 15.0. The molecule has 21 heavy (non-hydrogen) atoms. The first kappa shape index (κ1) is 13.5. The Balaban J connectivity index is 2.00. The lowest BCUT2D eigenvalue weighted by Crippen LogP contribution is -2.09. The first-order valence-electron chi connectivity index (χ1n) is 6.72. The van der Waals surface area contributed by atoms with Crippen LogP contribution in [0.25, 0.3) is 10.9 Å². The van der Waals surface area contributed by atoms with Crippen molar-refractivity contribution in [1.29, 1.82) is 0 Å². The quantitative estimate of drug-likeness (QED) is 0.803. The molecule has 0 unspecified atom stereocenters. The van der Waals surface area contributed by atoms with Crippen LogP contribution < -0.4 is 5.32 Å². The van der Waals surface area contributed by atoms with Gasteiger partial charge in [0.1, 0.15) is 18.0 Å². The zero-order valence-electron chi connectivity index (χ0n) is 12.1. The van der Waals surface area contributed by atoms with E-state index in [-0.39, 0.29) is 11.9 Å². The molecule has 3 aromatic rings. The Kier molecular flexibility index (Phi) is 3.29. The lowest BCUT2D eigenvalue weighted by molar-refractivity contribution is 0.639. The van der Waals surface area contributed by atoms with Gasteiger partial charge in [0.05, 0.1) is 22.6 Å². The van der Waals surface area contributed by atoms with Crippen molar-refractivity contribution >= 4 is 16.7 Å². The first-order chi connectivity index (χ1) is 10.1. The van der Waals surface area contributed by atoms with Crippen LogP contribution in [-0.2, 0) is 7.05 Å². The smallest absolute Gasteiger partial charge is 0.140 e. The number of nitrogens with one attached hydrogen (secondary N) is 1. The molecule has 3 rings (SSSR count). The van der Waals surface area contributed by atoms with E-state index in [9.17, 15) is 4.39 Å². The molecule has 0 aliphatic heterocycles. The third kappa shape index (κ3) is 2.44. The van der Waals surface area contributed by atoms with Crippen LogP contribution in [-0.4, -0.2) is 19.7 Å². The highest BCUT2D eigenvalue weighted by atomic mass is 19.1. The fourth-order valence-corrected chi connectivity index (χ4v) is 2.50. The average molecular weight is 285 g/mol. The fraction of sp³-hybridized carbons (Fsp3) is 0.267. The van der Waals surface area contributed by atoms with Crippen molar-refractivity contribution in [3.63, 3.8) is 0 Å². The summed E-state index contributed by atoms with van der Waals surface area (Å²) in [4.78, 5) is 8.28. The molecule has 0 saturated carbocycles. The van der Waals surface area contributed by atoms with Crippen LogP contribution in [0.15, 0.2) is 30.7 Å². The van der Waals surface area contributed by atoms with Gasteiger partial charge in [-0.25, -0.2) is 14.4 Å². The summed E-state index contributed by atoms with van der Waals surface area (Å²) >= 11 is 0. The van der Waals surface area contributed by atoms with Gasteiger partial charge >= 0.3 is 0 Å². The van der Waals surface area contributed by atoms with Gasteiger partial charge in [-0.1, -0.05) is 6.07 Å². The second-order valence-electron chi connectivity index (χ2n) is 5.07. The van der Waals surface area contributed by atoms with Crippen LogP contribution in [0.5, 0.6) is 0 Å². The molecule has 0 bridgehead atoms. The van der Waals surface area contributed by atoms with E-state index in [1.807, 2.05) is 27.1 Å². The minimum absolute atomic E-state index is 0.0311. The van der Waals surface area contributed by atoms with Crippen LogP contribution in [0.2, 0.25) is 0 Å². The number of benzene rings is 1. The van der Waals surface area contributed by atoms with Gasteiger partial charge in [0.25, 0.3) is 0 Å². The third-order valence-corrected chi connectivity index (χ3v) is 3.48. The molecular weight excluding hydrogens is 269 g/mol. The zero-order valence-corrected chi connectivity index (χ0v) is 12.1. The van der Waals surface area contributed by atoms with Crippen molar-refractivity contribution in [3.05, 3.63) is 47.8 Å². The first-order valence-corrected chi connectivity index (χ1v) is 6.72. The normalized spacial score (nSPS) is 12.6. The molecule has 1 aromatic carbocycles. The molecule has 0 saturated heterocycles. The molecule has 0 radical (unpaired) electrons. The number of hydrogen-bond acceptors (Lipinski definition) is 4. The van der Waals surface area contributed by atoms with Crippen molar-refractivity contribution in [2.45, 2.75) is 19.9 Å². The predicted molar refractivity (Wildman–Crippen MR) is 79.5 cm³/mol. The summed E-state index contributed by atoms with van der Waals surface area (Å²) in [5.74, 6) is 0.166. The Labute approximate surface area is 121 Å². The van der Waals surface area contributed by atoms with Crippen molar-refractivity contribution in [3.8, 4) is 0 Å². The summed E-state index contributed by atoms with van der Waals surface area (Å²) in [6.45, 7) is 3.95. The SMILES string of the molecule is Cc1nn(C)cc1[C@H](C)Nc1ncnc2cccc(F)c12. The second kappa shape index (κ2) is 5.12. The molecule has 0 amide bonds. The molecule has 5 nitrogen and oxygen atoms in total. The number of nitrogens with zero attached hydrogens (tertiary/aromatic N) is 4. The Morgan fingerprint density at radius 2 is 2.10 bits per heavy atom. The Hall–Kier alpha value is -2.50. The summed E-state index contributed by atoms with van der Waals surface area (Å²) < 4.78 is 15.8. The van der Waals surface area contributed by atoms with Crippen LogP contribution in [0.3, 0.4) is 0 Å². The summed E-state index contributed by atoms with van der Waals surface area (Å²) in [6.07, 6.45) is 3.39. The van der Waals surface area contributed by atoms with Crippen molar-refractivity contribution in [1.82, 2.24) is 19.7 Å². The minimum Gasteiger partial charge on any atom is -0.363 e. The van der Waals surface area contributed by atoms with Gasteiger partial charge in [-0.05, 0) is 26.0 Å². The Morgan fingerprint density at radius 3 is 2.81 bits per heavy atom. The molecule has 1 N–H and O–H groups in total. The average Bonchev–Trinajstić information content (AvgIpc) is 2.78. The molecular formula is C15H16FN5. The molecule has 0 fully saturated rings. The van der Waals surface area contributed by atoms with Crippen molar-refractivity contribution < 1.29 is 4.39 Å². The molecule has 6 heteroatoms. The monoisotopic (exact) mass is 285 g/mol. The van der Waals surface area contributed by atoms with Gasteiger partial charge in [0.15, 0.2) is 0 Å². The molecule has 0 spiro atoms. The van der Waals surface area contributed by atoms with Crippen LogP contribution >= 0.6 is 0 Å². The van der Waals surface area contributed by atoms with Crippen molar-refractivity contribution in [2.75, 3.05) is 5.32 Å². The third-order valence-electron chi connectivity index (χ3n) is 3.48. The van der Waals surface area contributed by atoms with E-state index in [2.05, 4.69) is 20.4 Å². The number of rotatable bonds is 3. The maximum Gasteiger partial charge on any atom is 0.140 e. The number of aromatic nitrogens is 4. The van der Waals surface area contributed by atoms with Crippen molar-refractivity contribution in [2.24, 2.45) is 7.05 Å². The standard InChI is InChI=1S/C15H16FN5/c1-9(11-7-21(3)20-10(11)2)19-15-14-12(16)5-4-6-13(14)17-8-18-15/h4-9H,1-3H3,(H,17,18,19)/t9-/m0/s1. The Bertz CT molecular complexity index is 791. The van der Waals surface area contributed by atoms with Gasteiger partial charge in [0.2, 0.25) is 0 Å². The van der Waals surface area contributed by atoms with E-state index in [0.29, 0.717) is 16.7 Å². The van der Waals surface area contributed by atoms with Crippen LogP contribution in [0.1, 0.15) is 24.2 Å². The molecule has 2 aromatic heterocycles. The highest BCUT2D eigenvalue weighted by molar-refractivity contribution is 5.89. The summed E-state index contributed by atoms with van der Waals surface area (Å²) in [5, 5.41) is 7.99. The molecule has 108 valence electrons. The highest BCUT2D eigenvalue weighted by Gasteiger charge is 2.15. The highest BCUT2D eigenvalue weighted by Crippen LogP contribution is 2.26. The largest absolute Gasteiger partial charge is 0.363 e. The topological polar surface area (TPSA) is 55.6 Å². The van der Waals surface area contributed by atoms with Gasteiger partial charge in [-0.2, -0.15) is 5.10 Å². The number of hydrogen-bond donors (Lipinski definition) is 1. The molecule has 0 aliphatic carbocycles.